The van der Waals surface area contributed by atoms with Gasteiger partial charge >= 0.3 is 0 Å². The van der Waals surface area contributed by atoms with Gasteiger partial charge in [-0.15, -0.1) is 0 Å². The van der Waals surface area contributed by atoms with E-state index in [0.29, 0.717) is 12.0 Å². The fourth-order valence-corrected chi connectivity index (χ4v) is 4.85. The molecular weight excluding hydrogens is 290 g/mol. The molecule has 0 saturated carbocycles. The van der Waals surface area contributed by atoms with Crippen LogP contribution in [-0.2, 0) is 4.74 Å². The number of likely N-dealkylation sites (N-methyl/N-ethyl adjacent to an activating group) is 1. The summed E-state index contributed by atoms with van der Waals surface area (Å²) in [4.78, 5) is 4.95. The maximum Gasteiger partial charge on any atom is 0.0910 e. The summed E-state index contributed by atoms with van der Waals surface area (Å²) in [5.74, 6) is 0.470. The minimum absolute atomic E-state index is 0.192. The average molecular weight is 311 g/mol. The summed E-state index contributed by atoms with van der Waals surface area (Å²) in [6.45, 7) is 0.991. The van der Waals surface area contributed by atoms with Gasteiger partial charge in [-0.25, -0.2) is 0 Å². The van der Waals surface area contributed by atoms with Gasteiger partial charge in [0.05, 0.1) is 12.2 Å². The molecule has 22 heavy (non-hydrogen) atoms. The van der Waals surface area contributed by atoms with Crippen LogP contribution >= 0.6 is 11.8 Å². The molecule has 0 spiro atoms. The second-order valence-corrected chi connectivity index (χ2v) is 7.54. The van der Waals surface area contributed by atoms with Crippen LogP contribution in [0, 0.1) is 0 Å². The lowest BCUT2D eigenvalue weighted by Crippen LogP contribution is -2.25. The lowest BCUT2D eigenvalue weighted by molar-refractivity contribution is 0.0260. The molecule has 0 radical (unpaired) electrons. The van der Waals surface area contributed by atoms with Gasteiger partial charge in [0.15, 0.2) is 0 Å². The van der Waals surface area contributed by atoms with Crippen molar-refractivity contribution in [2.75, 3.05) is 20.6 Å². The maximum absolute atomic E-state index is 6.48. The SMILES string of the molecule is CN(C)CC1C[C@@H]2c3ccccc3Sc3ccccc3[C@H]2O1. The fraction of sp³-hybridized carbons (Fsp3) is 0.368. The number of fused-ring (bicyclic) bond motifs is 5. The van der Waals surface area contributed by atoms with Crippen molar-refractivity contribution in [3.63, 3.8) is 0 Å². The topological polar surface area (TPSA) is 12.5 Å². The summed E-state index contributed by atoms with van der Waals surface area (Å²) in [7, 11) is 4.24. The molecule has 3 atom stereocenters. The smallest absolute Gasteiger partial charge is 0.0910 e. The lowest BCUT2D eigenvalue weighted by Gasteiger charge is -2.19. The molecule has 4 rings (SSSR count). The minimum atomic E-state index is 0.192. The van der Waals surface area contributed by atoms with Crippen LogP contribution in [0.5, 0.6) is 0 Å². The number of hydrogen-bond acceptors (Lipinski definition) is 3. The van der Waals surface area contributed by atoms with Gasteiger partial charge in [0.25, 0.3) is 0 Å². The zero-order valence-corrected chi connectivity index (χ0v) is 13.8. The predicted molar refractivity (Wildman–Crippen MR) is 90.5 cm³/mol. The Morgan fingerprint density at radius 3 is 2.36 bits per heavy atom. The Balaban J connectivity index is 1.79. The van der Waals surface area contributed by atoms with Crippen molar-refractivity contribution >= 4 is 11.8 Å². The molecule has 114 valence electrons. The van der Waals surface area contributed by atoms with Crippen molar-refractivity contribution in [2.24, 2.45) is 0 Å². The zero-order chi connectivity index (χ0) is 15.1. The second kappa shape index (κ2) is 5.73. The maximum atomic E-state index is 6.48. The van der Waals surface area contributed by atoms with Crippen LogP contribution in [-0.4, -0.2) is 31.6 Å². The van der Waals surface area contributed by atoms with Gasteiger partial charge in [0.1, 0.15) is 0 Å². The molecular formula is C19H21NOS. The molecule has 0 amide bonds. The molecule has 2 aliphatic heterocycles. The van der Waals surface area contributed by atoms with E-state index < -0.39 is 0 Å². The van der Waals surface area contributed by atoms with Crippen molar-refractivity contribution in [1.29, 1.82) is 0 Å². The molecule has 0 aliphatic carbocycles. The number of hydrogen-bond donors (Lipinski definition) is 0. The summed E-state index contributed by atoms with van der Waals surface area (Å²) in [5, 5.41) is 0. The van der Waals surface area contributed by atoms with Crippen LogP contribution in [0.25, 0.3) is 0 Å². The Kier molecular flexibility index (Phi) is 3.73. The Bertz CT molecular complexity index is 631. The minimum Gasteiger partial charge on any atom is -0.368 e. The second-order valence-electron chi connectivity index (χ2n) is 6.46. The van der Waals surface area contributed by atoms with E-state index in [2.05, 4.69) is 67.5 Å². The zero-order valence-electron chi connectivity index (χ0n) is 13.0. The highest BCUT2D eigenvalue weighted by atomic mass is 32.2. The average Bonchev–Trinajstić information content (AvgIpc) is 2.85. The first kappa shape index (κ1) is 14.3. The van der Waals surface area contributed by atoms with Crippen molar-refractivity contribution in [2.45, 2.75) is 34.3 Å². The Labute approximate surface area is 136 Å². The van der Waals surface area contributed by atoms with Crippen LogP contribution in [0.2, 0.25) is 0 Å². The van der Waals surface area contributed by atoms with Crippen LogP contribution in [0.1, 0.15) is 29.6 Å². The Hall–Kier alpha value is -1.29. The third kappa shape index (κ3) is 2.47. The van der Waals surface area contributed by atoms with Gasteiger partial charge in [-0.2, -0.15) is 0 Å². The van der Waals surface area contributed by atoms with Crippen molar-refractivity contribution in [3.05, 3.63) is 59.7 Å². The number of nitrogens with zero attached hydrogens (tertiary/aromatic N) is 1. The van der Waals surface area contributed by atoms with E-state index in [1.54, 1.807) is 0 Å². The van der Waals surface area contributed by atoms with E-state index in [1.165, 1.54) is 20.9 Å². The van der Waals surface area contributed by atoms with Gasteiger partial charge in [-0.05, 0) is 43.8 Å². The molecule has 2 aromatic rings. The monoisotopic (exact) mass is 311 g/mol. The molecule has 0 N–H and O–H groups in total. The summed E-state index contributed by atoms with van der Waals surface area (Å²) in [6, 6.07) is 17.6. The first-order valence-corrected chi connectivity index (χ1v) is 8.70. The molecule has 1 fully saturated rings. The summed E-state index contributed by atoms with van der Waals surface area (Å²) < 4.78 is 6.48. The molecule has 0 bridgehead atoms. The standard InChI is InChI=1S/C19H21NOS/c1-20(2)12-13-11-16-14-7-3-5-9-17(14)22-18-10-6-4-8-15(18)19(16)21-13/h3-10,13,16,19H,11-12H2,1-2H3/t13?,16-,19-/m1/s1. The van der Waals surface area contributed by atoms with E-state index in [1.807, 2.05) is 11.8 Å². The Morgan fingerprint density at radius 1 is 1.00 bits per heavy atom. The van der Waals surface area contributed by atoms with Crippen molar-refractivity contribution < 1.29 is 4.74 Å². The molecule has 3 heteroatoms. The molecule has 2 nitrogen and oxygen atoms in total. The fourth-order valence-electron chi connectivity index (χ4n) is 3.68. The van der Waals surface area contributed by atoms with Crippen molar-refractivity contribution in [3.8, 4) is 0 Å². The van der Waals surface area contributed by atoms with E-state index in [4.69, 9.17) is 4.74 Å². The quantitative estimate of drug-likeness (QED) is 0.819. The summed E-state index contributed by atoms with van der Waals surface area (Å²) in [5.41, 5.74) is 2.81. The van der Waals surface area contributed by atoms with Crippen LogP contribution in [0.15, 0.2) is 58.3 Å². The molecule has 0 aromatic heterocycles. The highest BCUT2D eigenvalue weighted by Crippen LogP contribution is 2.53. The molecule has 2 aromatic carbocycles. The molecule has 1 saturated heterocycles. The van der Waals surface area contributed by atoms with E-state index in [-0.39, 0.29) is 6.10 Å². The first-order valence-electron chi connectivity index (χ1n) is 7.88. The van der Waals surface area contributed by atoms with E-state index in [0.717, 1.165) is 13.0 Å². The number of rotatable bonds is 2. The van der Waals surface area contributed by atoms with Crippen LogP contribution in [0.3, 0.4) is 0 Å². The van der Waals surface area contributed by atoms with Gasteiger partial charge in [-0.3, -0.25) is 0 Å². The third-order valence-corrected chi connectivity index (χ3v) is 5.74. The highest BCUT2D eigenvalue weighted by Gasteiger charge is 2.40. The van der Waals surface area contributed by atoms with Gasteiger partial charge in [0.2, 0.25) is 0 Å². The predicted octanol–water partition coefficient (Wildman–Crippen LogP) is 4.33. The van der Waals surface area contributed by atoms with Gasteiger partial charge < -0.3 is 9.64 Å². The molecule has 2 heterocycles. The summed E-state index contributed by atoms with van der Waals surface area (Å²) in [6.07, 6.45) is 1.61. The first-order chi connectivity index (χ1) is 10.7. The van der Waals surface area contributed by atoms with E-state index in [9.17, 15) is 0 Å². The van der Waals surface area contributed by atoms with Gasteiger partial charge in [0, 0.05) is 22.3 Å². The molecule has 1 unspecified atom stereocenters. The van der Waals surface area contributed by atoms with E-state index >= 15 is 0 Å². The highest BCUT2D eigenvalue weighted by molar-refractivity contribution is 7.99. The summed E-state index contributed by atoms with van der Waals surface area (Å²) >= 11 is 1.88. The third-order valence-electron chi connectivity index (χ3n) is 4.55. The normalized spacial score (nSPS) is 26.2. The van der Waals surface area contributed by atoms with Crippen LogP contribution in [0.4, 0.5) is 0 Å². The van der Waals surface area contributed by atoms with Crippen LogP contribution < -0.4 is 0 Å². The Morgan fingerprint density at radius 2 is 1.64 bits per heavy atom. The number of ether oxygens (including phenoxy) is 1. The molecule has 2 aliphatic rings. The van der Waals surface area contributed by atoms with Crippen molar-refractivity contribution in [1.82, 2.24) is 4.90 Å². The lowest BCUT2D eigenvalue weighted by atomic mass is 9.87. The van der Waals surface area contributed by atoms with Gasteiger partial charge in [-0.1, -0.05) is 48.2 Å². The number of benzene rings is 2. The largest absolute Gasteiger partial charge is 0.368 e.